The van der Waals surface area contributed by atoms with Crippen molar-refractivity contribution in [2.24, 2.45) is 0 Å². The Hall–Kier alpha value is -1.66. The molecule has 0 saturated heterocycles. The van der Waals surface area contributed by atoms with Crippen LogP contribution in [-0.4, -0.2) is 39.9 Å². The predicted molar refractivity (Wildman–Crippen MR) is 90.6 cm³/mol. The molecule has 0 amide bonds. The molecule has 0 saturated carbocycles. The highest BCUT2D eigenvalue weighted by Gasteiger charge is 2.16. The number of nitrogens with two attached hydrogens (primary N) is 1. The first-order valence-corrected chi connectivity index (χ1v) is 8.07. The van der Waals surface area contributed by atoms with E-state index in [4.69, 9.17) is 5.73 Å². The molecule has 0 aliphatic heterocycles. The van der Waals surface area contributed by atoms with Crippen LogP contribution in [0.15, 0.2) is 24.5 Å². The molecule has 0 bridgehead atoms. The lowest BCUT2D eigenvalue weighted by Crippen LogP contribution is -2.34. The SMILES string of the molecule is CCN(CC)CC(C)Nc1snc(N)c1-c1cccnc1. The van der Waals surface area contributed by atoms with Gasteiger partial charge >= 0.3 is 0 Å². The quantitative estimate of drug-likeness (QED) is 0.823. The van der Waals surface area contributed by atoms with E-state index in [1.54, 1.807) is 6.20 Å². The van der Waals surface area contributed by atoms with Crippen molar-refractivity contribution in [2.45, 2.75) is 26.8 Å². The van der Waals surface area contributed by atoms with E-state index in [0.717, 1.165) is 35.8 Å². The van der Waals surface area contributed by atoms with Crippen molar-refractivity contribution < 1.29 is 0 Å². The second kappa shape index (κ2) is 7.38. The van der Waals surface area contributed by atoms with Crippen molar-refractivity contribution in [2.75, 3.05) is 30.7 Å². The fourth-order valence-electron chi connectivity index (χ4n) is 2.33. The number of rotatable bonds is 7. The fraction of sp³-hybridized carbons (Fsp3) is 0.467. The van der Waals surface area contributed by atoms with Crippen LogP contribution >= 0.6 is 11.5 Å². The molecule has 0 radical (unpaired) electrons. The van der Waals surface area contributed by atoms with Gasteiger partial charge in [-0.3, -0.25) is 4.98 Å². The summed E-state index contributed by atoms with van der Waals surface area (Å²) in [5.41, 5.74) is 7.98. The number of hydrogen-bond acceptors (Lipinski definition) is 6. The molecule has 1 unspecified atom stereocenters. The number of likely N-dealkylation sites (N-methyl/N-ethyl adjacent to an activating group) is 1. The zero-order valence-corrected chi connectivity index (χ0v) is 13.7. The molecule has 2 rings (SSSR count). The van der Waals surface area contributed by atoms with Crippen LogP contribution in [0.1, 0.15) is 20.8 Å². The first kappa shape index (κ1) is 15.7. The van der Waals surface area contributed by atoms with Gasteiger partial charge in [-0.2, -0.15) is 4.37 Å². The number of aromatic nitrogens is 2. The van der Waals surface area contributed by atoms with E-state index in [0.29, 0.717) is 11.9 Å². The van der Waals surface area contributed by atoms with Crippen LogP contribution in [0.25, 0.3) is 11.1 Å². The van der Waals surface area contributed by atoms with Gasteiger partial charge in [-0.05, 0) is 37.6 Å². The topological polar surface area (TPSA) is 67.1 Å². The van der Waals surface area contributed by atoms with Gasteiger partial charge < -0.3 is 16.0 Å². The van der Waals surface area contributed by atoms with Crippen LogP contribution in [0, 0.1) is 0 Å². The van der Waals surface area contributed by atoms with Gasteiger partial charge in [0.2, 0.25) is 0 Å². The maximum atomic E-state index is 6.02. The number of nitrogens with zero attached hydrogens (tertiary/aromatic N) is 3. The smallest absolute Gasteiger partial charge is 0.147 e. The molecule has 3 N–H and O–H groups in total. The molecule has 0 aliphatic carbocycles. The summed E-state index contributed by atoms with van der Waals surface area (Å²) in [6.45, 7) is 9.66. The minimum atomic E-state index is 0.333. The maximum absolute atomic E-state index is 6.02. The first-order chi connectivity index (χ1) is 10.2. The lowest BCUT2D eigenvalue weighted by molar-refractivity contribution is 0.295. The van der Waals surface area contributed by atoms with Gasteiger partial charge in [-0.1, -0.05) is 19.9 Å². The van der Waals surface area contributed by atoms with E-state index in [2.05, 4.69) is 40.3 Å². The summed E-state index contributed by atoms with van der Waals surface area (Å²) in [5.74, 6) is 0.561. The summed E-state index contributed by atoms with van der Waals surface area (Å²) < 4.78 is 4.28. The molecular formula is C15H23N5S. The Morgan fingerprint density at radius 3 is 2.76 bits per heavy atom. The number of pyridine rings is 1. The zero-order chi connectivity index (χ0) is 15.2. The normalized spacial score (nSPS) is 12.6. The number of nitrogen functional groups attached to an aromatic ring is 1. The van der Waals surface area contributed by atoms with Crippen LogP contribution in [-0.2, 0) is 0 Å². The minimum Gasteiger partial charge on any atom is -0.382 e. The molecule has 0 aromatic carbocycles. The van der Waals surface area contributed by atoms with E-state index in [1.807, 2.05) is 18.3 Å². The zero-order valence-electron chi connectivity index (χ0n) is 12.8. The van der Waals surface area contributed by atoms with Crippen molar-refractivity contribution in [1.29, 1.82) is 0 Å². The van der Waals surface area contributed by atoms with Gasteiger partial charge in [0.1, 0.15) is 10.8 Å². The Kier molecular flexibility index (Phi) is 5.52. The third-order valence-corrected chi connectivity index (χ3v) is 4.27. The number of nitrogens with one attached hydrogen (secondary N) is 1. The Balaban J connectivity index is 2.15. The largest absolute Gasteiger partial charge is 0.382 e. The molecule has 5 nitrogen and oxygen atoms in total. The molecule has 0 spiro atoms. The van der Waals surface area contributed by atoms with Crippen LogP contribution < -0.4 is 11.1 Å². The Morgan fingerprint density at radius 1 is 1.38 bits per heavy atom. The molecule has 2 aromatic heterocycles. The molecule has 6 heteroatoms. The van der Waals surface area contributed by atoms with Gasteiger partial charge in [-0.15, -0.1) is 0 Å². The highest BCUT2D eigenvalue weighted by molar-refractivity contribution is 7.11. The summed E-state index contributed by atoms with van der Waals surface area (Å²) in [6, 6.07) is 4.25. The second-order valence-electron chi connectivity index (χ2n) is 5.04. The van der Waals surface area contributed by atoms with Gasteiger partial charge in [0.05, 0.1) is 5.56 Å². The molecule has 114 valence electrons. The minimum absolute atomic E-state index is 0.333. The lowest BCUT2D eigenvalue weighted by atomic mass is 10.1. The van der Waals surface area contributed by atoms with Crippen LogP contribution in [0.5, 0.6) is 0 Å². The molecule has 0 aliphatic rings. The summed E-state index contributed by atoms with van der Waals surface area (Å²) in [4.78, 5) is 6.56. The lowest BCUT2D eigenvalue weighted by Gasteiger charge is -2.23. The number of anilines is 2. The van der Waals surface area contributed by atoms with Crippen molar-refractivity contribution in [1.82, 2.24) is 14.3 Å². The number of hydrogen-bond donors (Lipinski definition) is 2. The van der Waals surface area contributed by atoms with E-state index in [-0.39, 0.29) is 0 Å². The fourth-order valence-corrected chi connectivity index (χ4v) is 3.18. The van der Waals surface area contributed by atoms with Crippen molar-refractivity contribution in [3.63, 3.8) is 0 Å². The van der Waals surface area contributed by atoms with E-state index in [1.165, 1.54) is 11.5 Å². The van der Waals surface area contributed by atoms with Crippen LogP contribution in [0.4, 0.5) is 10.8 Å². The molecule has 1 atom stereocenters. The van der Waals surface area contributed by atoms with Gasteiger partial charge in [0.15, 0.2) is 0 Å². The third kappa shape index (κ3) is 3.92. The summed E-state index contributed by atoms with van der Waals surface area (Å²) in [7, 11) is 0. The molecule has 21 heavy (non-hydrogen) atoms. The standard InChI is InChI=1S/C15H23N5S/c1-4-20(5-2)10-11(3)18-15-13(14(16)19-21-15)12-7-6-8-17-9-12/h6-9,11,18H,4-5,10H2,1-3H3,(H2,16,19). The average molecular weight is 305 g/mol. The molecule has 2 aromatic rings. The van der Waals surface area contributed by atoms with Crippen molar-refractivity contribution in [3.05, 3.63) is 24.5 Å². The van der Waals surface area contributed by atoms with E-state index in [9.17, 15) is 0 Å². The Morgan fingerprint density at radius 2 is 2.14 bits per heavy atom. The third-order valence-electron chi connectivity index (χ3n) is 3.47. The van der Waals surface area contributed by atoms with E-state index < -0.39 is 0 Å². The molecular weight excluding hydrogens is 282 g/mol. The van der Waals surface area contributed by atoms with Gasteiger partial charge in [0.25, 0.3) is 0 Å². The van der Waals surface area contributed by atoms with Crippen LogP contribution in [0.2, 0.25) is 0 Å². The predicted octanol–water partition coefficient (Wildman–Crippen LogP) is 2.93. The molecule has 0 fully saturated rings. The first-order valence-electron chi connectivity index (χ1n) is 7.30. The second-order valence-corrected chi connectivity index (χ2v) is 5.82. The van der Waals surface area contributed by atoms with Gasteiger partial charge in [0, 0.05) is 30.5 Å². The maximum Gasteiger partial charge on any atom is 0.147 e. The van der Waals surface area contributed by atoms with Crippen molar-refractivity contribution in [3.8, 4) is 11.1 Å². The van der Waals surface area contributed by atoms with Crippen LogP contribution in [0.3, 0.4) is 0 Å². The summed E-state index contributed by atoms with van der Waals surface area (Å²) in [5, 5.41) is 4.55. The summed E-state index contributed by atoms with van der Waals surface area (Å²) >= 11 is 1.41. The van der Waals surface area contributed by atoms with Gasteiger partial charge in [-0.25, -0.2) is 0 Å². The highest BCUT2D eigenvalue weighted by Crippen LogP contribution is 2.36. The summed E-state index contributed by atoms with van der Waals surface area (Å²) in [6.07, 6.45) is 3.58. The Labute approximate surface area is 130 Å². The van der Waals surface area contributed by atoms with E-state index >= 15 is 0 Å². The highest BCUT2D eigenvalue weighted by atomic mass is 32.1. The van der Waals surface area contributed by atoms with Crippen molar-refractivity contribution >= 4 is 22.4 Å². The average Bonchev–Trinajstić information content (AvgIpc) is 2.86. The monoisotopic (exact) mass is 305 g/mol. The molecule has 2 heterocycles. The Bertz CT molecular complexity index is 550.